The Labute approximate surface area is 173 Å². The summed E-state index contributed by atoms with van der Waals surface area (Å²) < 4.78 is 0. The lowest BCUT2D eigenvalue weighted by molar-refractivity contribution is 0.147. The number of benzene rings is 2. The van der Waals surface area contributed by atoms with Crippen LogP contribution in [0.1, 0.15) is 101 Å². The van der Waals surface area contributed by atoms with Gasteiger partial charge in [0, 0.05) is 0 Å². The van der Waals surface area contributed by atoms with Gasteiger partial charge in [0.25, 0.3) is 0 Å². The first-order valence-electron chi connectivity index (χ1n) is 11.4. The van der Waals surface area contributed by atoms with Crippen LogP contribution in [0.15, 0.2) is 60.7 Å². The number of unbranched alkanes of at least 4 members (excludes halogenated alkanes) is 4. The lowest BCUT2D eigenvalue weighted by Gasteiger charge is -2.14. The molecule has 0 fully saturated rings. The highest BCUT2D eigenvalue weighted by Crippen LogP contribution is 2.23. The molecule has 0 spiro atoms. The minimum atomic E-state index is -0.0990. The van der Waals surface area contributed by atoms with E-state index in [1.807, 2.05) is 0 Å². The van der Waals surface area contributed by atoms with Gasteiger partial charge in [-0.15, -0.1) is 0 Å². The Morgan fingerprint density at radius 3 is 1.29 bits per heavy atom. The van der Waals surface area contributed by atoms with Gasteiger partial charge in [-0.1, -0.05) is 113 Å². The van der Waals surface area contributed by atoms with Gasteiger partial charge in [0.05, 0.1) is 6.10 Å². The lowest BCUT2D eigenvalue weighted by atomic mass is 9.94. The summed E-state index contributed by atoms with van der Waals surface area (Å²) in [6.45, 7) is 4.64. The maximum absolute atomic E-state index is 10.2. The summed E-state index contributed by atoms with van der Waals surface area (Å²) in [5.41, 5.74) is 2.90. The van der Waals surface area contributed by atoms with Crippen LogP contribution in [-0.4, -0.2) is 11.2 Å². The van der Waals surface area contributed by atoms with Gasteiger partial charge in [-0.2, -0.15) is 0 Å². The van der Waals surface area contributed by atoms with Crippen molar-refractivity contribution >= 4 is 0 Å². The maximum Gasteiger partial charge on any atom is 0.0540 e. The van der Waals surface area contributed by atoms with Crippen molar-refractivity contribution in [1.29, 1.82) is 0 Å². The van der Waals surface area contributed by atoms with Gasteiger partial charge in [0.1, 0.15) is 0 Å². The van der Waals surface area contributed by atoms with Crippen LogP contribution in [0.25, 0.3) is 0 Å². The van der Waals surface area contributed by atoms with E-state index in [4.69, 9.17) is 0 Å². The molecular formula is C27H40O. The van der Waals surface area contributed by atoms with Crippen LogP contribution in [0.4, 0.5) is 0 Å². The van der Waals surface area contributed by atoms with Gasteiger partial charge in [-0.3, -0.25) is 0 Å². The number of aliphatic hydroxyl groups is 1. The molecule has 0 amide bonds. The molecule has 2 unspecified atom stereocenters. The first-order valence-corrected chi connectivity index (χ1v) is 11.4. The summed E-state index contributed by atoms with van der Waals surface area (Å²) >= 11 is 0. The minimum absolute atomic E-state index is 0.0990. The van der Waals surface area contributed by atoms with Gasteiger partial charge in [-0.05, 0) is 48.6 Å². The van der Waals surface area contributed by atoms with E-state index in [1.54, 1.807) is 0 Å². The standard InChI is InChI=1S/C27H40O/c1-23(25-17-9-5-10-18-25)15-7-3-13-21-27(28)22-14-4-8-16-24(2)26-19-11-6-12-20-26/h5-6,9-12,17-20,23-24,27-28H,3-4,7-8,13-16,21-22H2,1-2H3. The first-order chi connectivity index (χ1) is 13.7. The smallest absolute Gasteiger partial charge is 0.0540 e. The number of hydrogen-bond acceptors (Lipinski definition) is 1. The predicted octanol–water partition coefficient (Wildman–Crippen LogP) is 7.86. The van der Waals surface area contributed by atoms with E-state index in [2.05, 4.69) is 74.5 Å². The zero-order chi connectivity index (χ0) is 20.0. The fourth-order valence-corrected chi connectivity index (χ4v) is 4.06. The molecular weight excluding hydrogens is 340 g/mol. The predicted molar refractivity (Wildman–Crippen MR) is 122 cm³/mol. The first kappa shape index (κ1) is 22.7. The quantitative estimate of drug-likeness (QED) is 0.331. The van der Waals surface area contributed by atoms with Crippen LogP contribution >= 0.6 is 0 Å². The van der Waals surface area contributed by atoms with Crippen LogP contribution < -0.4 is 0 Å². The topological polar surface area (TPSA) is 20.2 Å². The molecule has 0 bridgehead atoms. The lowest BCUT2D eigenvalue weighted by Crippen LogP contribution is -2.06. The van der Waals surface area contributed by atoms with Crippen molar-refractivity contribution in [3.63, 3.8) is 0 Å². The van der Waals surface area contributed by atoms with E-state index in [-0.39, 0.29) is 6.10 Å². The Kier molecular flexibility index (Phi) is 11.0. The normalized spacial score (nSPS) is 14.5. The molecule has 0 aliphatic heterocycles. The maximum atomic E-state index is 10.2. The van der Waals surface area contributed by atoms with Crippen molar-refractivity contribution in [3.8, 4) is 0 Å². The summed E-state index contributed by atoms with van der Waals surface area (Å²) in [4.78, 5) is 0. The Morgan fingerprint density at radius 2 is 0.893 bits per heavy atom. The average molecular weight is 381 g/mol. The SMILES string of the molecule is CC(CCCCCC(O)CCCCCC(C)c1ccccc1)c1ccccc1. The third kappa shape index (κ3) is 9.06. The molecule has 0 aromatic heterocycles. The summed E-state index contributed by atoms with van der Waals surface area (Å²) in [6, 6.07) is 21.6. The molecule has 0 radical (unpaired) electrons. The number of aliphatic hydroxyl groups excluding tert-OH is 1. The summed E-state index contributed by atoms with van der Waals surface area (Å²) in [7, 11) is 0. The fraction of sp³-hybridized carbons (Fsp3) is 0.556. The van der Waals surface area contributed by atoms with Crippen molar-refractivity contribution in [2.75, 3.05) is 0 Å². The molecule has 1 heteroatoms. The van der Waals surface area contributed by atoms with Crippen LogP contribution in [0.5, 0.6) is 0 Å². The highest BCUT2D eigenvalue weighted by Gasteiger charge is 2.08. The second-order valence-corrected chi connectivity index (χ2v) is 8.55. The fourth-order valence-electron chi connectivity index (χ4n) is 4.06. The van der Waals surface area contributed by atoms with Crippen LogP contribution in [0.2, 0.25) is 0 Å². The molecule has 0 saturated carbocycles. The second-order valence-electron chi connectivity index (χ2n) is 8.55. The largest absolute Gasteiger partial charge is 0.393 e. The van der Waals surface area contributed by atoms with Gasteiger partial charge in [-0.25, -0.2) is 0 Å². The highest BCUT2D eigenvalue weighted by atomic mass is 16.3. The Hall–Kier alpha value is -1.60. The van der Waals surface area contributed by atoms with Crippen LogP contribution in [0.3, 0.4) is 0 Å². The summed E-state index contributed by atoms with van der Waals surface area (Å²) in [6.07, 6.45) is 11.7. The van der Waals surface area contributed by atoms with Gasteiger partial charge < -0.3 is 5.11 Å². The molecule has 1 nitrogen and oxygen atoms in total. The molecule has 154 valence electrons. The Balaban J connectivity index is 1.44. The summed E-state index contributed by atoms with van der Waals surface area (Å²) in [5.74, 6) is 1.29. The summed E-state index contributed by atoms with van der Waals surface area (Å²) in [5, 5.41) is 10.2. The molecule has 1 N–H and O–H groups in total. The van der Waals surface area contributed by atoms with E-state index in [0.717, 1.165) is 25.7 Å². The van der Waals surface area contributed by atoms with Gasteiger partial charge >= 0.3 is 0 Å². The van der Waals surface area contributed by atoms with E-state index < -0.39 is 0 Å². The molecule has 0 heterocycles. The van der Waals surface area contributed by atoms with Crippen molar-refractivity contribution in [2.24, 2.45) is 0 Å². The number of hydrogen-bond donors (Lipinski definition) is 1. The highest BCUT2D eigenvalue weighted by molar-refractivity contribution is 5.19. The molecule has 2 aromatic rings. The number of rotatable bonds is 14. The Morgan fingerprint density at radius 1 is 0.536 bits per heavy atom. The molecule has 0 saturated heterocycles. The zero-order valence-electron chi connectivity index (χ0n) is 18.0. The third-order valence-corrected chi connectivity index (χ3v) is 6.09. The monoisotopic (exact) mass is 380 g/mol. The molecule has 2 atom stereocenters. The zero-order valence-corrected chi connectivity index (χ0v) is 18.0. The minimum Gasteiger partial charge on any atom is -0.393 e. The molecule has 0 aliphatic rings. The van der Waals surface area contributed by atoms with E-state index in [0.29, 0.717) is 11.8 Å². The van der Waals surface area contributed by atoms with Gasteiger partial charge in [0.2, 0.25) is 0 Å². The van der Waals surface area contributed by atoms with E-state index >= 15 is 0 Å². The van der Waals surface area contributed by atoms with Crippen molar-refractivity contribution in [1.82, 2.24) is 0 Å². The second kappa shape index (κ2) is 13.6. The molecule has 28 heavy (non-hydrogen) atoms. The van der Waals surface area contributed by atoms with Crippen LogP contribution in [-0.2, 0) is 0 Å². The third-order valence-electron chi connectivity index (χ3n) is 6.09. The molecule has 0 aliphatic carbocycles. The van der Waals surface area contributed by atoms with Crippen molar-refractivity contribution in [3.05, 3.63) is 71.8 Å². The van der Waals surface area contributed by atoms with E-state index in [1.165, 1.54) is 49.7 Å². The average Bonchev–Trinajstić information content (AvgIpc) is 2.74. The van der Waals surface area contributed by atoms with E-state index in [9.17, 15) is 5.11 Å². The Bertz CT molecular complexity index is 551. The molecule has 2 aromatic carbocycles. The van der Waals surface area contributed by atoms with Crippen molar-refractivity contribution in [2.45, 2.75) is 96.0 Å². The molecule has 2 rings (SSSR count). The van der Waals surface area contributed by atoms with Gasteiger partial charge in [0.15, 0.2) is 0 Å². The van der Waals surface area contributed by atoms with Crippen LogP contribution in [0, 0.1) is 0 Å². The van der Waals surface area contributed by atoms with Crippen molar-refractivity contribution < 1.29 is 5.11 Å².